The van der Waals surface area contributed by atoms with Gasteiger partial charge in [0.25, 0.3) is 0 Å². The van der Waals surface area contributed by atoms with Crippen LogP contribution in [-0.4, -0.2) is 81.8 Å². The second-order valence-electron chi connectivity index (χ2n) is 12.4. The second-order valence-corrected chi connectivity index (χ2v) is 12.4. The Kier molecular flexibility index (Phi) is 22.2. The minimum Gasteiger partial charge on any atom is -0.394 e. The lowest BCUT2D eigenvalue weighted by atomic mass is 9.94. The summed E-state index contributed by atoms with van der Waals surface area (Å²) in [6.45, 7) is 5.88. The van der Waals surface area contributed by atoms with Crippen LogP contribution in [0.1, 0.15) is 149 Å². The van der Waals surface area contributed by atoms with Crippen LogP contribution in [0.3, 0.4) is 0 Å². The third-order valence-corrected chi connectivity index (χ3v) is 8.50. The number of amides is 2. The highest BCUT2D eigenvalue weighted by Crippen LogP contribution is 2.26. The van der Waals surface area contributed by atoms with Gasteiger partial charge in [0.15, 0.2) is 6.23 Å². The molecule has 0 aliphatic carbocycles. The molecule has 0 bridgehead atoms. The van der Waals surface area contributed by atoms with Crippen molar-refractivity contribution in [2.24, 2.45) is 5.73 Å². The lowest BCUT2D eigenvalue weighted by molar-refractivity contribution is -0.231. The molecule has 2 amide bonds. The lowest BCUT2D eigenvalue weighted by Crippen LogP contribution is -2.69. The number of aliphatic hydroxyl groups excluding tert-OH is 3. The molecule has 248 valence electrons. The number of nitrogens with two attached hydrogens (primary N) is 1. The van der Waals surface area contributed by atoms with Crippen molar-refractivity contribution < 1.29 is 29.6 Å². The first-order valence-electron chi connectivity index (χ1n) is 17.3. The van der Waals surface area contributed by atoms with Crippen molar-refractivity contribution in [3.05, 3.63) is 0 Å². The zero-order valence-electron chi connectivity index (χ0n) is 27.1. The van der Waals surface area contributed by atoms with Gasteiger partial charge in [-0.25, -0.2) is 0 Å². The van der Waals surface area contributed by atoms with E-state index in [1.54, 1.807) is 4.90 Å². The number of hydrogen-bond donors (Lipinski definition) is 5. The second kappa shape index (κ2) is 24.1. The fraction of sp³-hybridized carbons (Fsp3) is 0.939. The maximum atomic E-state index is 13.6. The van der Waals surface area contributed by atoms with E-state index in [1.165, 1.54) is 90.4 Å². The zero-order valence-corrected chi connectivity index (χ0v) is 27.1. The predicted molar refractivity (Wildman–Crippen MR) is 169 cm³/mol. The third-order valence-electron chi connectivity index (χ3n) is 8.50. The number of hydrogen-bond acceptors (Lipinski definition) is 7. The normalized spacial score (nSPS) is 23.1. The SMILES string of the molecule is CCCCCCCCCCCCN(C(=O)CCCCCCCCCCC)[C@@H]1O[C@H](CO)[C@@H](O)[C@H](O)[C@H]1NC(=O)[C@@H](C)N. The summed E-state index contributed by atoms with van der Waals surface area (Å²) in [7, 11) is 0. The molecule has 0 aromatic heterocycles. The molecule has 1 aliphatic heterocycles. The Balaban J connectivity index is 2.79. The van der Waals surface area contributed by atoms with Crippen molar-refractivity contribution in [1.29, 1.82) is 0 Å². The van der Waals surface area contributed by atoms with Gasteiger partial charge in [-0.3, -0.25) is 9.59 Å². The first-order chi connectivity index (χ1) is 20.3. The summed E-state index contributed by atoms with van der Waals surface area (Å²) >= 11 is 0. The Labute approximate surface area is 256 Å². The van der Waals surface area contributed by atoms with Crippen LogP contribution in [0.4, 0.5) is 0 Å². The summed E-state index contributed by atoms with van der Waals surface area (Å²) in [6, 6.07) is -1.89. The molecule has 0 saturated carbocycles. The number of carbonyl (C=O) groups is 2. The number of carbonyl (C=O) groups excluding carboxylic acids is 2. The van der Waals surface area contributed by atoms with Crippen LogP contribution < -0.4 is 11.1 Å². The fourth-order valence-electron chi connectivity index (χ4n) is 5.71. The molecule has 1 aliphatic rings. The van der Waals surface area contributed by atoms with E-state index in [0.29, 0.717) is 13.0 Å². The van der Waals surface area contributed by atoms with Crippen LogP contribution >= 0.6 is 0 Å². The summed E-state index contributed by atoms with van der Waals surface area (Å²) in [6.07, 6.45) is 17.5. The van der Waals surface area contributed by atoms with Crippen LogP contribution in [0, 0.1) is 0 Å². The molecule has 9 heteroatoms. The number of aliphatic hydroxyl groups is 3. The van der Waals surface area contributed by atoms with Gasteiger partial charge in [0.05, 0.1) is 12.6 Å². The summed E-state index contributed by atoms with van der Waals surface area (Å²) in [5, 5.41) is 34.0. The van der Waals surface area contributed by atoms with E-state index in [2.05, 4.69) is 19.2 Å². The van der Waals surface area contributed by atoms with Gasteiger partial charge in [-0.1, -0.05) is 123 Å². The maximum Gasteiger partial charge on any atom is 0.237 e. The van der Waals surface area contributed by atoms with Crippen molar-refractivity contribution in [3.63, 3.8) is 0 Å². The van der Waals surface area contributed by atoms with E-state index in [1.807, 2.05) is 0 Å². The van der Waals surface area contributed by atoms with E-state index in [9.17, 15) is 24.9 Å². The van der Waals surface area contributed by atoms with Crippen LogP contribution in [0.15, 0.2) is 0 Å². The van der Waals surface area contributed by atoms with Gasteiger partial charge in [0.2, 0.25) is 11.8 Å². The molecular formula is C33H65N3O6. The van der Waals surface area contributed by atoms with E-state index in [0.717, 1.165) is 38.5 Å². The minimum absolute atomic E-state index is 0.0980. The number of rotatable bonds is 25. The highest BCUT2D eigenvalue weighted by Gasteiger charge is 2.48. The molecule has 42 heavy (non-hydrogen) atoms. The van der Waals surface area contributed by atoms with Gasteiger partial charge in [-0.15, -0.1) is 0 Å². The summed E-state index contributed by atoms with van der Waals surface area (Å²) < 4.78 is 6.02. The average molecular weight is 600 g/mol. The van der Waals surface area contributed by atoms with Crippen LogP contribution in [0.5, 0.6) is 0 Å². The molecule has 1 fully saturated rings. The van der Waals surface area contributed by atoms with Gasteiger partial charge >= 0.3 is 0 Å². The van der Waals surface area contributed by atoms with Crippen LogP contribution in [-0.2, 0) is 14.3 Å². The number of nitrogens with one attached hydrogen (secondary N) is 1. The standard InChI is InChI=1S/C33H65N3O6/c1-4-6-8-10-12-14-16-18-20-22-24-36(28(38)23-21-19-17-15-13-11-9-7-5-2)33-29(35-32(41)26(3)34)31(40)30(39)27(25-37)42-33/h26-27,29-31,33,37,39-40H,4-25,34H2,1-3H3,(H,35,41)/t26-,27-,29-,30-,31-,33-/m1/s1. The van der Waals surface area contributed by atoms with Gasteiger partial charge in [-0.05, 0) is 19.8 Å². The van der Waals surface area contributed by atoms with Gasteiger partial charge in [0.1, 0.15) is 24.4 Å². The molecule has 6 N–H and O–H groups in total. The molecule has 1 heterocycles. The summed E-state index contributed by atoms with van der Waals surface area (Å²) in [4.78, 5) is 27.7. The Hall–Kier alpha value is -1.26. The van der Waals surface area contributed by atoms with Crippen LogP contribution in [0.25, 0.3) is 0 Å². The lowest BCUT2D eigenvalue weighted by Gasteiger charge is -2.47. The molecule has 1 rings (SSSR count). The smallest absolute Gasteiger partial charge is 0.237 e. The number of nitrogens with zero attached hydrogens (tertiary/aromatic N) is 1. The highest BCUT2D eigenvalue weighted by atomic mass is 16.5. The first kappa shape index (κ1) is 38.8. The Bertz CT molecular complexity index is 695. The van der Waals surface area contributed by atoms with Crippen molar-refractivity contribution in [2.75, 3.05) is 13.2 Å². The monoisotopic (exact) mass is 599 g/mol. The number of ether oxygens (including phenoxy) is 1. The van der Waals surface area contributed by atoms with Gasteiger partial charge < -0.3 is 36.0 Å². The summed E-state index contributed by atoms with van der Waals surface area (Å²) in [5.74, 6) is -0.605. The summed E-state index contributed by atoms with van der Waals surface area (Å²) in [5.41, 5.74) is 5.76. The number of unbranched alkanes of at least 4 members (excludes halogenated alkanes) is 17. The molecule has 6 atom stereocenters. The predicted octanol–water partition coefficient (Wildman–Crippen LogP) is 4.93. The van der Waals surface area contributed by atoms with Crippen molar-refractivity contribution >= 4 is 11.8 Å². The maximum absolute atomic E-state index is 13.6. The van der Waals surface area contributed by atoms with E-state index in [-0.39, 0.29) is 5.91 Å². The van der Waals surface area contributed by atoms with E-state index < -0.39 is 49.1 Å². The highest BCUT2D eigenvalue weighted by molar-refractivity contribution is 5.81. The third kappa shape index (κ3) is 15.5. The van der Waals surface area contributed by atoms with Crippen molar-refractivity contribution in [3.8, 4) is 0 Å². The minimum atomic E-state index is -1.42. The van der Waals surface area contributed by atoms with Crippen LogP contribution in [0.2, 0.25) is 0 Å². The van der Waals surface area contributed by atoms with E-state index in [4.69, 9.17) is 10.5 Å². The Morgan fingerprint density at radius 1 is 0.762 bits per heavy atom. The topological polar surface area (TPSA) is 145 Å². The molecule has 0 unspecified atom stereocenters. The molecular weight excluding hydrogens is 534 g/mol. The van der Waals surface area contributed by atoms with E-state index >= 15 is 0 Å². The molecule has 0 aromatic rings. The Morgan fingerprint density at radius 3 is 1.67 bits per heavy atom. The molecule has 0 radical (unpaired) electrons. The Morgan fingerprint density at radius 2 is 1.21 bits per heavy atom. The molecule has 9 nitrogen and oxygen atoms in total. The molecule has 0 aromatic carbocycles. The largest absolute Gasteiger partial charge is 0.394 e. The molecule has 0 spiro atoms. The van der Waals surface area contributed by atoms with Crippen molar-refractivity contribution in [1.82, 2.24) is 10.2 Å². The quantitative estimate of drug-likeness (QED) is 0.0936. The fourth-order valence-corrected chi connectivity index (χ4v) is 5.71. The average Bonchev–Trinajstić information content (AvgIpc) is 2.97. The van der Waals surface area contributed by atoms with Crippen molar-refractivity contribution in [2.45, 2.75) is 186 Å². The zero-order chi connectivity index (χ0) is 31.2. The molecule has 1 saturated heterocycles. The first-order valence-corrected chi connectivity index (χ1v) is 17.3. The van der Waals surface area contributed by atoms with Gasteiger partial charge in [-0.2, -0.15) is 0 Å². The van der Waals surface area contributed by atoms with Gasteiger partial charge in [0, 0.05) is 13.0 Å².